The summed E-state index contributed by atoms with van der Waals surface area (Å²) >= 11 is 6.06. The zero-order valence-corrected chi connectivity index (χ0v) is 11.7. The van der Waals surface area contributed by atoms with Gasteiger partial charge in [-0.15, -0.1) is 0 Å². The topological polar surface area (TPSA) is 24.9 Å². The van der Waals surface area contributed by atoms with Crippen molar-refractivity contribution >= 4 is 11.6 Å². The number of hydrogen-bond acceptors (Lipinski definition) is 2. The van der Waals surface area contributed by atoms with Crippen LogP contribution in [0, 0.1) is 5.82 Å². The second-order valence-electron chi connectivity index (χ2n) is 4.53. The van der Waals surface area contributed by atoms with E-state index >= 15 is 0 Å². The highest BCUT2D eigenvalue weighted by Crippen LogP contribution is 2.25. The summed E-state index contributed by atoms with van der Waals surface area (Å²) in [6.07, 6.45) is 1.77. The number of nitrogens with zero attached hydrogens (tertiary/aromatic N) is 1. The highest BCUT2D eigenvalue weighted by Gasteiger charge is 2.14. The number of benzene rings is 1. The van der Waals surface area contributed by atoms with Crippen LogP contribution < -0.4 is 5.32 Å². The zero-order chi connectivity index (χ0) is 13.8. The van der Waals surface area contributed by atoms with Crippen LogP contribution in [0.1, 0.15) is 37.2 Å². The van der Waals surface area contributed by atoms with Gasteiger partial charge in [0.05, 0.1) is 5.69 Å². The fourth-order valence-electron chi connectivity index (χ4n) is 2.03. The van der Waals surface area contributed by atoms with Crippen LogP contribution in [-0.4, -0.2) is 4.98 Å². The van der Waals surface area contributed by atoms with Crippen molar-refractivity contribution in [3.05, 3.63) is 64.7 Å². The van der Waals surface area contributed by atoms with Crippen molar-refractivity contribution in [1.82, 2.24) is 10.3 Å². The van der Waals surface area contributed by atoms with Gasteiger partial charge in [0.25, 0.3) is 0 Å². The number of hydrogen-bond donors (Lipinski definition) is 1. The van der Waals surface area contributed by atoms with E-state index in [1.807, 2.05) is 32.0 Å². The average Bonchev–Trinajstić information content (AvgIpc) is 2.39. The average molecular weight is 279 g/mol. The van der Waals surface area contributed by atoms with Crippen LogP contribution in [0.2, 0.25) is 5.02 Å². The number of pyridine rings is 1. The first-order chi connectivity index (χ1) is 9.08. The van der Waals surface area contributed by atoms with Gasteiger partial charge < -0.3 is 5.32 Å². The largest absolute Gasteiger partial charge is 0.302 e. The summed E-state index contributed by atoms with van der Waals surface area (Å²) in [5.74, 6) is -0.321. The van der Waals surface area contributed by atoms with Crippen LogP contribution >= 0.6 is 11.6 Å². The minimum Gasteiger partial charge on any atom is -0.302 e. The Kier molecular flexibility index (Phi) is 4.51. The molecule has 0 radical (unpaired) electrons. The molecule has 2 rings (SSSR count). The van der Waals surface area contributed by atoms with E-state index in [1.165, 1.54) is 12.1 Å². The monoisotopic (exact) mass is 278 g/mol. The Morgan fingerprint density at radius 1 is 1.16 bits per heavy atom. The predicted octanol–water partition coefficient (Wildman–Crippen LogP) is 4.29. The maximum absolute atomic E-state index is 13.0. The molecule has 0 spiro atoms. The molecule has 2 atom stereocenters. The van der Waals surface area contributed by atoms with Crippen LogP contribution in [0.4, 0.5) is 4.39 Å². The fraction of sp³-hybridized carbons (Fsp3) is 0.267. The molecule has 1 unspecified atom stereocenters. The normalized spacial score (nSPS) is 14.1. The molecule has 0 saturated carbocycles. The van der Waals surface area contributed by atoms with E-state index in [1.54, 1.807) is 12.3 Å². The smallest absolute Gasteiger partial charge is 0.124 e. The van der Waals surface area contributed by atoms with Crippen molar-refractivity contribution in [3.63, 3.8) is 0 Å². The van der Waals surface area contributed by atoms with Gasteiger partial charge in [0.15, 0.2) is 0 Å². The van der Waals surface area contributed by atoms with Gasteiger partial charge in [0.2, 0.25) is 0 Å². The van der Waals surface area contributed by atoms with Crippen molar-refractivity contribution in [2.45, 2.75) is 25.9 Å². The number of rotatable bonds is 4. The van der Waals surface area contributed by atoms with Gasteiger partial charge in [-0.25, -0.2) is 4.39 Å². The molecule has 1 aromatic heterocycles. The van der Waals surface area contributed by atoms with Crippen LogP contribution in [0.3, 0.4) is 0 Å². The molecule has 0 aliphatic carbocycles. The van der Waals surface area contributed by atoms with E-state index in [9.17, 15) is 4.39 Å². The van der Waals surface area contributed by atoms with Crippen molar-refractivity contribution in [1.29, 1.82) is 0 Å². The molecule has 0 saturated heterocycles. The third kappa shape index (κ3) is 3.52. The Bertz CT molecular complexity index is 545. The molecule has 0 bridgehead atoms. The van der Waals surface area contributed by atoms with E-state index in [0.29, 0.717) is 5.02 Å². The molecule has 1 N–H and O–H groups in total. The van der Waals surface area contributed by atoms with Crippen molar-refractivity contribution in [3.8, 4) is 0 Å². The third-order valence-corrected chi connectivity index (χ3v) is 3.39. The summed E-state index contributed by atoms with van der Waals surface area (Å²) in [4.78, 5) is 4.31. The number of halogens is 2. The number of aromatic nitrogens is 1. The lowest BCUT2D eigenvalue weighted by atomic mass is 10.1. The van der Waals surface area contributed by atoms with Gasteiger partial charge in [0, 0.05) is 23.3 Å². The molecule has 0 amide bonds. The van der Waals surface area contributed by atoms with E-state index in [2.05, 4.69) is 10.3 Å². The van der Waals surface area contributed by atoms with Gasteiger partial charge in [-0.3, -0.25) is 4.98 Å². The molecule has 2 aromatic rings. The Balaban J connectivity index is 2.10. The molecule has 19 heavy (non-hydrogen) atoms. The Labute approximate surface area is 117 Å². The number of nitrogens with one attached hydrogen (secondary N) is 1. The first kappa shape index (κ1) is 14.0. The lowest BCUT2D eigenvalue weighted by Crippen LogP contribution is -2.23. The molecule has 1 heterocycles. The van der Waals surface area contributed by atoms with Crippen molar-refractivity contribution in [2.24, 2.45) is 0 Å². The molecule has 1 aromatic carbocycles. The summed E-state index contributed by atoms with van der Waals surface area (Å²) in [5, 5.41) is 3.84. The van der Waals surface area contributed by atoms with Crippen LogP contribution in [0.15, 0.2) is 42.6 Å². The first-order valence-electron chi connectivity index (χ1n) is 6.20. The van der Waals surface area contributed by atoms with E-state index < -0.39 is 0 Å². The first-order valence-corrected chi connectivity index (χ1v) is 6.57. The Morgan fingerprint density at radius 3 is 2.58 bits per heavy atom. The van der Waals surface area contributed by atoms with Gasteiger partial charge in [-0.1, -0.05) is 23.7 Å². The van der Waals surface area contributed by atoms with E-state index in [-0.39, 0.29) is 17.9 Å². The molecule has 4 heteroatoms. The van der Waals surface area contributed by atoms with Crippen molar-refractivity contribution < 1.29 is 4.39 Å². The zero-order valence-electron chi connectivity index (χ0n) is 10.9. The SMILES string of the molecule is CC(N[C@@H](C)c1ccccn1)c1ccc(F)cc1Cl. The van der Waals surface area contributed by atoms with Crippen LogP contribution in [0.25, 0.3) is 0 Å². The highest BCUT2D eigenvalue weighted by atomic mass is 35.5. The second kappa shape index (κ2) is 6.13. The summed E-state index contributed by atoms with van der Waals surface area (Å²) in [7, 11) is 0. The van der Waals surface area contributed by atoms with Gasteiger partial charge in [-0.05, 0) is 43.7 Å². The standard InChI is InChI=1S/C15H16ClFN2/c1-10(13-7-6-12(17)9-14(13)16)19-11(2)15-5-3-4-8-18-15/h3-11,19H,1-2H3/t10?,11-/m0/s1. The van der Waals surface area contributed by atoms with Crippen LogP contribution in [-0.2, 0) is 0 Å². The third-order valence-electron chi connectivity index (χ3n) is 3.06. The molecule has 0 aliphatic heterocycles. The van der Waals surface area contributed by atoms with E-state index in [0.717, 1.165) is 11.3 Å². The van der Waals surface area contributed by atoms with E-state index in [4.69, 9.17) is 11.6 Å². The van der Waals surface area contributed by atoms with Crippen LogP contribution in [0.5, 0.6) is 0 Å². The molecule has 0 aliphatic rings. The highest BCUT2D eigenvalue weighted by molar-refractivity contribution is 6.31. The Hall–Kier alpha value is -1.45. The minimum absolute atomic E-state index is 0.0186. The Morgan fingerprint density at radius 2 is 1.95 bits per heavy atom. The predicted molar refractivity (Wildman–Crippen MR) is 75.6 cm³/mol. The molecule has 2 nitrogen and oxygen atoms in total. The summed E-state index contributed by atoms with van der Waals surface area (Å²) in [6, 6.07) is 10.4. The maximum atomic E-state index is 13.0. The molecule has 0 fully saturated rings. The quantitative estimate of drug-likeness (QED) is 0.903. The molecule has 100 valence electrons. The lowest BCUT2D eigenvalue weighted by molar-refractivity contribution is 0.486. The van der Waals surface area contributed by atoms with Gasteiger partial charge in [0.1, 0.15) is 5.82 Å². The fourth-order valence-corrected chi connectivity index (χ4v) is 2.37. The summed E-state index contributed by atoms with van der Waals surface area (Å²) < 4.78 is 13.0. The molecular weight excluding hydrogens is 263 g/mol. The van der Waals surface area contributed by atoms with Crippen molar-refractivity contribution in [2.75, 3.05) is 0 Å². The minimum atomic E-state index is -0.321. The maximum Gasteiger partial charge on any atom is 0.124 e. The summed E-state index contributed by atoms with van der Waals surface area (Å²) in [5.41, 5.74) is 1.85. The molecular formula is C15H16ClFN2. The van der Waals surface area contributed by atoms with Gasteiger partial charge in [-0.2, -0.15) is 0 Å². The lowest BCUT2D eigenvalue weighted by Gasteiger charge is -2.21. The van der Waals surface area contributed by atoms with Gasteiger partial charge >= 0.3 is 0 Å². The second-order valence-corrected chi connectivity index (χ2v) is 4.94. The summed E-state index contributed by atoms with van der Waals surface area (Å²) in [6.45, 7) is 4.04.